The number of nitro benzene ring substituents is 1. The molecule has 0 radical (unpaired) electrons. The molecule has 5 nitrogen and oxygen atoms in total. The summed E-state index contributed by atoms with van der Waals surface area (Å²) in [5.41, 5.74) is 0.946. The molecule has 7 heteroatoms. The molecule has 0 fully saturated rings. The van der Waals surface area contributed by atoms with Crippen LogP contribution < -0.4 is 4.74 Å². The van der Waals surface area contributed by atoms with E-state index in [0.717, 1.165) is 0 Å². The highest BCUT2D eigenvalue weighted by Crippen LogP contribution is 2.28. The largest absolute Gasteiger partial charge is 0.487 e. The van der Waals surface area contributed by atoms with Gasteiger partial charge in [-0.1, -0.05) is 29.3 Å². The third-order valence-electron chi connectivity index (χ3n) is 2.81. The summed E-state index contributed by atoms with van der Waals surface area (Å²) >= 11 is 11.8. The minimum absolute atomic E-state index is 0.00826. The molecule has 21 heavy (non-hydrogen) atoms. The van der Waals surface area contributed by atoms with Crippen LogP contribution in [0.5, 0.6) is 5.75 Å². The Morgan fingerprint density at radius 2 is 1.95 bits per heavy atom. The first kappa shape index (κ1) is 15.6. The van der Waals surface area contributed by atoms with Crippen molar-refractivity contribution in [1.82, 2.24) is 0 Å². The van der Waals surface area contributed by atoms with Crippen LogP contribution in [0, 0.1) is 10.1 Å². The van der Waals surface area contributed by atoms with E-state index in [1.54, 1.807) is 24.3 Å². The molecule has 0 aromatic heterocycles. The Labute approximate surface area is 130 Å². The van der Waals surface area contributed by atoms with E-state index in [-0.39, 0.29) is 23.9 Å². The Morgan fingerprint density at radius 1 is 1.19 bits per heavy atom. The minimum atomic E-state index is -0.513. The molecule has 0 amide bonds. The highest BCUT2D eigenvalue weighted by atomic mass is 35.5. The second kappa shape index (κ2) is 6.76. The summed E-state index contributed by atoms with van der Waals surface area (Å²) in [6.07, 6.45) is 0. The van der Waals surface area contributed by atoms with Crippen LogP contribution >= 0.6 is 23.2 Å². The first-order chi connectivity index (χ1) is 10.0. The van der Waals surface area contributed by atoms with E-state index in [2.05, 4.69) is 0 Å². The number of rotatable bonds is 5. The van der Waals surface area contributed by atoms with E-state index in [9.17, 15) is 10.1 Å². The summed E-state index contributed by atoms with van der Waals surface area (Å²) in [6, 6.07) is 9.22. The van der Waals surface area contributed by atoms with Crippen molar-refractivity contribution in [2.24, 2.45) is 0 Å². The number of aliphatic hydroxyl groups is 1. The Bertz CT molecular complexity index is 676. The van der Waals surface area contributed by atoms with Crippen LogP contribution in [0.4, 0.5) is 5.69 Å². The van der Waals surface area contributed by atoms with Crippen LogP contribution in [0.2, 0.25) is 10.0 Å². The van der Waals surface area contributed by atoms with Crippen LogP contribution in [0.25, 0.3) is 0 Å². The predicted octanol–water partition coefficient (Wildman–Crippen LogP) is 3.97. The van der Waals surface area contributed by atoms with E-state index in [4.69, 9.17) is 33.0 Å². The second-order valence-corrected chi connectivity index (χ2v) is 5.09. The number of benzene rings is 2. The topological polar surface area (TPSA) is 72.6 Å². The lowest BCUT2D eigenvalue weighted by molar-refractivity contribution is -0.385. The first-order valence-electron chi connectivity index (χ1n) is 5.96. The second-order valence-electron chi connectivity index (χ2n) is 4.24. The first-order valence-corrected chi connectivity index (χ1v) is 6.71. The lowest BCUT2D eigenvalue weighted by Gasteiger charge is -2.09. The third-order valence-corrected chi connectivity index (χ3v) is 3.34. The van der Waals surface area contributed by atoms with Gasteiger partial charge in [0.05, 0.1) is 22.1 Å². The van der Waals surface area contributed by atoms with E-state index in [1.165, 1.54) is 12.1 Å². The van der Waals surface area contributed by atoms with Crippen LogP contribution in [0.15, 0.2) is 36.4 Å². The summed E-state index contributed by atoms with van der Waals surface area (Å²) in [5.74, 6) is 0.387. The molecule has 2 rings (SSSR count). The maximum absolute atomic E-state index is 11.0. The lowest BCUT2D eigenvalue weighted by atomic mass is 10.2. The van der Waals surface area contributed by atoms with Gasteiger partial charge in [0.15, 0.2) is 0 Å². The Morgan fingerprint density at radius 3 is 2.57 bits per heavy atom. The van der Waals surface area contributed by atoms with Crippen molar-refractivity contribution < 1.29 is 14.8 Å². The van der Waals surface area contributed by atoms with Gasteiger partial charge < -0.3 is 9.84 Å². The van der Waals surface area contributed by atoms with Crippen molar-refractivity contribution >= 4 is 28.9 Å². The van der Waals surface area contributed by atoms with Gasteiger partial charge in [0, 0.05) is 11.1 Å². The molecule has 0 spiro atoms. The summed E-state index contributed by atoms with van der Waals surface area (Å²) < 4.78 is 5.49. The number of nitro groups is 1. The van der Waals surface area contributed by atoms with Gasteiger partial charge in [-0.2, -0.15) is 0 Å². The number of hydrogen-bond donors (Lipinski definition) is 1. The van der Waals surface area contributed by atoms with Crippen molar-refractivity contribution in [1.29, 1.82) is 0 Å². The van der Waals surface area contributed by atoms with Crippen LogP contribution in [-0.2, 0) is 13.2 Å². The molecule has 110 valence electrons. The van der Waals surface area contributed by atoms with Gasteiger partial charge in [-0.15, -0.1) is 0 Å². The molecule has 2 aromatic carbocycles. The maximum atomic E-state index is 11.0. The van der Waals surface area contributed by atoms with Gasteiger partial charge in [-0.05, 0) is 29.8 Å². The standard InChI is InChI=1S/C14H11Cl2NO4/c15-11-3-2-10(13(6-11)17(19)20)8-21-14-4-1-9(7-18)5-12(14)16/h1-6,18H,7-8H2. The normalized spacial score (nSPS) is 10.4. The van der Waals surface area contributed by atoms with E-state index >= 15 is 0 Å². The monoisotopic (exact) mass is 327 g/mol. The molecule has 0 atom stereocenters. The fourth-order valence-electron chi connectivity index (χ4n) is 1.74. The molecule has 0 bridgehead atoms. The van der Waals surface area contributed by atoms with Gasteiger partial charge in [0.25, 0.3) is 5.69 Å². The van der Waals surface area contributed by atoms with Crippen molar-refractivity contribution in [2.45, 2.75) is 13.2 Å². The van der Waals surface area contributed by atoms with E-state index in [1.807, 2.05) is 0 Å². The number of ether oxygens (including phenoxy) is 1. The highest BCUT2D eigenvalue weighted by molar-refractivity contribution is 6.32. The molecule has 0 heterocycles. The molecule has 1 N–H and O–H groups in total. The SMILES string of the molecule is O=[N+]([O-])c1cc(Cl)ccc1COc1ccc(CO)cc1Cl. The highest BCUT2D eigenvalue weighted by Gasteiger charge is 2.15. The van der Waals surface area contributed by atoms with E-state index < -0.39 is 4.92 Å². The molecule has 0 unspecified atom stereocenters. The summed E-state index contributed by atoms with van der Waals surface area (Å²) in [4.78, 5) is 10.5. The fourth-order valence-corrected chi connectivity index (χ4v) is 2.17. The Kier molecular flexibility index (Phi) is 5.01. The van der Waals surface area contributed by atoms with Gasteiger partial charge in [-0.3, -0.25) is 10.1 Å². The van der Waals surface area contributed by atoms with Gasteiger partial charge in [-0.25, -0.2) is 0 Å². The zero-order chi connectivity index (χ0) is 15.4. The summed E-state index contributed by atoms with van der Waals surface area (Å²) in [6.45, 7) is -0.131. The van der Waals surface area contributed by atoms with Gasteiger partial charge in [0.2, 0.25) is 0 Å². The molecule has 0 saturated carbocycles. The quantitative estimate of drug-likeness (QED) is 0.666. The van der Waals surface area contributed by atoms with Gasteiger partial charge >= 0.3 is 0 Å². The third kappa shape index (κ3) is 3.85. The molecule has 0 aliphatic carbocycles. The fraction of sp³-hybridized carbons (Fsp3) is 0.143. The van der Waals surface area contributed by atoms with Crippen LogP contribution in [0.1, 0.15) is 11.1 Å². The van der Waals surface area contributed by atoms with Gasteiger partial charge in [0.1, 0.15) is 12.4 Å². The number of hydrogen-bond acceptors (Lipinski definition) is 4. The smallest absolute Gasteiger partial charge is 0.277 e. The van der Waals surface area contributed by atoms with Crippen LogP contribution in [0.3, 0.4) is 0 Å². The molecule has 0 aliphatic heterocycles. The number of aliphatic hydroxyl groups excluding tert-OH is 1. The van der Waals surface area contributed by atoms with Crippen molar-refractivity contribution in [3.63, 3.8) is 0 Å². The number of halogens is 2. The molecular weight excluding hydrogens is 317 g/mol. The zero-order valence-corrected chi connectivity index (χ0v) is 12.3. The lowest BCUT2D eigenvalue weighted by Crippen LogP contribution is -2.01. The van der Waals surface area contributed by atoms with Crippen molar-refractivity contribution in [3.8, 4) is 5.75 Å². The number of nitrogens with zero attached hydrogens (tertiary/aromatic N) is 1. The zero-order valence-electron chi connectivity index (χ0n) is 10.8. The van der Waals surface area contributed by atoms with E-state index in [0.29, 0.717) is 21.9 Å². The van der Waals surface area contributed by atoms with Crippen molar-refractivity contribution in [2.75, 3.05) is 0 Å². The summed E-state index contributed by atoms with van der Waals surface area (Å²) in [5, 5.41) is 20.6. The Hall–Kier alpha value is -1.82. The Balaban J connectivity index is 2.18. The van der Waals surface area contributed by atoms with Crippen molar-refractivity contribution in [3.05, 3.63) is 67.7 Å². The van der Waals surface area contributed by atoms with Crippen LogP contribution in [-0.4, -0.2) is 10.0 Å². The summed E-state index contributed by atoms with van der Waals surface area (Å²) in [7, 11) is 0. The average Bonchev–Trinajstić information content (AvgIpc) is 2.46. The molecule has 2 aromatic rings. The molecule has 0 saturated heterocycles. The predicted molar refractivity (Wildman–Crippen MR) is 79.8 cm³/mol. The molecular formula is C14H11Cl2NO4. The maximum Gasteiger partial charge on any atom is 0.277 e. The average molecular weight is 328 g/mol. The molecule has 0 aliphatic rings. The minimum Gasteiger partial charge on any atom is -0.487 e.